The number of rotatable bonds is 6. The zero-order valence-electron chi connectivity index (χ0n) is 16.6. The Morgan fingerprint density at radius 1 is 1.16 bits per heavy atom. The maximum atomic E-state index is 12.4. The second kappa shape index (κ2) is 8.87. The van der Waals surface area contributed by atoms with Gasteiger partial charge in [-0.1, -0.05) is 24.6 Å². The van der Waals surface area contributed by atoms with Crippen molar-refractivity contribution in [3.63, 3.8) is 0 Å². The normalized spacial score (nSPS) is 16.1. The van der Waals surface area contributed by atoms with Crippen LogP contribution in [0.5, 0.6) is 0 Å². The van der Waals surface area contributed by atoms with Crippen molar-refractivity contribution in [2.45, 2.75) is 19.9 Å². The molecule has 0 aliphatic carbocycles. The Kier molecular flexibility index (Phi) is 6.01. The number of aromatic nitrogens is 2. The lowest BCUT2D eigenvalue weighted by Crippen LogP contribution is -2.39. The summed E-state index contributed by atoms with van der Waals surface area (Å²) in [5.74, 6) is -1.45. The van der Waals surface area contributed by atoms with Crippen molar-refractivity contribution in [2.24, 2.45) is 5.92 Å². The molecule has 0 saturated carbocycles. The number of imidazole rings is 1. The Balaban J connectivity index is 1.42. The molecule has 0 fully saturated rings. The first-order valence-electron chi connectivity index (χ1n) is 9.69. The van der Waals surface area contributed by atoms with Gasteiger partial charge >= 0.3 is 0 Å². The second-order valence-electron chi connectivity index (χ2n) is 6.97. The molecule has 0 spiro atoms. The molecule has 1 atom stereocenters. The van der Waals surface area contributed by atoms with E-state index >= 15 is 0 Å². The minimum atomic E-state index is -0.519. The third kappa shape index (κ3) is 4.45. The Hall–Kier alpha value is -3.23. The van der Waals surface area contributed by atoms with E-state index in [1.54, 1.807) is 42.9 Å². The van der Waals surface area contributed by atoms with Gasteiger partial charge in [0.25, 0.3) is 11.8 Å². The summed E-state index contributed by atoms with van der Waals surface area (Å²) in [6, 6.07) is 10.6. The van der Waals surface area contributed by atoms with E-state index in [4.69, 9.17) is 11.6 Å². The van der Waals surface area contributed by atoms with Crippen molar-refractivity contribution < 1.29 is 14.4 Å². The van der Waals surface area contributed by atoms with E-state index in [9.17, 15) is 14.4 Å². The number of amides is 2. The highest BCUT2D eigenvalue weighted by Gasteiger charge is 2.30. The first-order chi connectivity index (χ1) is 15.0. The molecule has 3 heterocycles. The monoisotopic (exact) mass is 454 g/mol. The zero-order chi connectivity index (χ0) is 22.0. The lowest BCUT2D eigenvalue weighted by Gasteiger charge is -2.24. The fourth-order valence-electron chi connectivity index (χ4n) is 3.22. The molecule has 1 aliphatic rings. The summed E-state index contributed by atoms with van der Waals surface area (Å²) >= 11 is 7.08. The number of halogens is 1. The van der Waals surface area contributed by atoms with Crippen molar-refractivity contribution in [1.82, 2.24) is 14.9 Å². The molecule has 1 N–H and O–H groups in total. The van der Waals surface area contributed by atoms with E-state index in [-0.39, 0.29) is 24.2 Å². The number of carbonyl (C=O) groups excluding carboxylic acids is 3. The zero-order valence-corrected chi connectivity index (χ0v) is 18.2. The number of hydrogen-bond donors (Lipinski definition) is 1. The van der Waals surface area contributed by atoms with Gasteiger partial charge < -0.3 is 9.88 Å². The molecule has 2 amide bonds. The van der Waals surface area contributed by atoms with Crippen molar-refractivity contribution in [3.05, 3.63) is 76.1 Å². The van der Waals surface area contributed by atoms with Gasteiger partial charge in [0.2, 0.25) is 5.78 Å². The summed E-state index contributed by atoms with van der Waals surface area (Å²) in [7, 11) is 0. The van der Waals surface area contributed by atoms with E-state index in [0.717, 1.165) is 5.69 Å². The standard InChI is InChI=1S/C22H19ClN4O3S/c1-2-14-9-10-27(22(30)20(14)28)17-5-3-16(4-6-17)26-12-15(25-13-26)11-24-21(29)18-7-8-19(23)31-18/h3-10,12-14H,2,11H2,1H3,(H,24,29). The van der Waals surface area contributed by atoms with Crippen molar-refractivity contribution in [3.8, 4) is 5.69 Å². The van der Waals surface area contributed by atoms with Gasteiger partial charge in [0.15, 0.2) is 0 Å². The summed E-state index contributed by atoms with van der Waals surface area (Å²) in [4.78, 5) is 42.9. The Bertz CT molecular complexity index is 1170. The molecular formula is C22H19ClN4O3S. The molecule has 2 aromatic heterocycles. The number of nitrogens with zero attached hydrogens (tertiary/aromatic N) is 3. The average molecular weight is 455 g/mol. The van der Waals surface area contributed by atoms with E-state index in [2.05, 4.69) is 10.3 Å². The van der Waals surface area contributed by atoms with Crippen LogP contribution in [0, 0.1) is 5.92 Å². The summed E-state index contributed by atoms with van der Waals surface area (Å²) in [6.07, 6.45) is 7.50. The number of hydrogen-bond acceptors (Lipinski definition) is 5. The van der Waals surface area contributed by atoms with Crippen molar-refractivity contribution in [1.29, 1.82) is 0 Å². The van der Waals surface area contributed by atoms with Gasteiger partial charge in [-0.25, -0.2) is 4.98 Å². The minimum absolute atomic E-state index is 0.199. The van der Waals surface area contributed by atoms with Crippen LogP contribution in [0.25, 0.3) is 5.69 Å². The Morgan fingerprint density at radius 2 is 1.90 bits per heavy atom. The molecule has 3 aromatic rings. The van der Waals surface area contributed by atoms with Gasteiger partial charge in [-0.15, -0.1) is 11.3 Å². The summed E-state index contributed by atoms with van der Waals surface area (Å²) in [5.41, 5.74) is 2.16. The third-order valence-electron chi connectivity index (χ3n) is 4.96. The van der Waals surface area contributed by atoms with Gasteiger partial charge in [0.1, 0.15) is 0 Å². The van der Waals surface area contributed by atoms with Crippen LogP contribution in [0.1, 0.15) is 28.7 Å². The largest absolute Gasteiger partial charge is 0.346 e. The van der Waals surface area contributed by atoms with Crippen LogP contribution >= 0.6 is 22.9 Å². The van der Waals surface area contributed by atoms with Crippen molar-refractivity contribution in [2.75, 3.05) is 4.90 Å². The maximum Gasteiger partial charge on any atom is 0.299 e. The van der Waals surface area contributed by atoms with Crippen LogP contribution in [-0.4, -0.2) is 27.1 Å². The molecule has 1 aromatic carbocycles. The van der Waals surface area contributed by atoms with Crippen molar-refractivity contribution >= 4 is 46.2 Å². The topological polar surface area (TPSA) is 84.3 Å². The predicted octanol–water partition coefficient (Wildman–Crippen LogP) is 3.97. The number of ketones is 1. The smallest absolute Gasteiger partial charge is 0.299 e. The fourth-order valence-corrected chi connectivity index (χ4v) is 4.18. The summed E-state index contributed by atoms with van der Waals surface area (Å²) < 4.78 is 2.38. The fraction of sp³-hybridized carbons (Fsp3) is 0.182. The summed E-state index contributed by atoms with van der Waals surface area (Å²) in [6.45, 7) is 2.17. The molecule has 7 nitrogen and oxygen atoms in total. The second-order valence-corrected chi connectivity index (χ2v) is 8.69. The van der Waals surface area contributed by atoms with Crippen LogP contribution < -0.4 is 10.2 Å². The first-order valence-corrected chi connectivity index (χ1v) is 10.9. The van der Waals surface area contributed by atoms with Crippen LogP contribution in [0.3, 0.4) is 0 Å². The predicted molar refractivity (Wildman–Crippen MR) is 119 cm³/mol. The highest BCUT2D eigenvalue weighted by Crippen LogP contribution is 2.24. The number of allylic oxidation sites excluding steroid dienone is 1. The van der Waals surface area contributed by atoms with Gasteiger partial charge in [-0.2, -0.15) is 0 Å². The SMILES string of the molecule is CCC1C=CN(c2ccc(-n3cnc(CNC(=O)c4ccc(Cl)s4)c3)cc2)C(=O)C1=O. The Morgan fingerprint density at radius 3 is 2.58 bits per heavy atom. The number of benzene rings is 1. The van der Waals surface area contributed by atoms with Gasteiger partial charge in [0.05, 0.1) is 27.8 Å². The lowest BCUT2D eigenvalue weighted by molar-refractivity contribution is -0.138. The molecule has 0 radical (unpaired) electrons. The number of thiophene rings is 1. The van der Waals surface area contributed by atoms with E-state index in [0.29, 0.717) is 27.0 Å². The molecule has 9 heteroatoms. The van der Waals surface area contributed by atoms with Crippen LogP contribution in [0.2, 0.25) is 4.34 Å². The molecule has 0 bridgehead atoms. The Labute approximate surface area is 188 Å². The van der Waals surface area contributed by atoms with Gasteiger partial charge in [-0.05, 0) is 42.8 Å². The van der Waals surface area contributed by atoms with E-state index in [1.165, 1.54) is 16.2 Å². The quantitative estimate of drug-likeness (QED) is 0.571. The molecular weight excluding hydrogens is 436 g/mol. The van der Waals surface area contributed by atoms with Crippen LogP contribution in [-0.2, 0) is 16.1 Å². The number of anilines is 1. The highest BCUT2D eigenvalue weighted by atomic mass is 35.5. The highest BCUT2D eigenvalue weighted by molar-refractivity contribution is 7.18. The van der Waals surface area contributed by atoms with Crippen LogP contribution in [0.15, 0.2) is 61.2 Å². The first kappa shape index (κ1) is 21.0. The van der Waals surface area contributed by atoms with Crippen LogP contribution in [0.4, 0.5) is 5.69 Å². The molecule has 1 unspecified atom stereocenters. The lowest BCUT2D eigenvalue weighted by atomic mass is 9.97. The van der Waals surface area contributed by atoms with Gasteiger partial charge in [0, 0.05) is 29.7 Å². The number of nitrogens with one attached hydrogen (secondary N) is 1. The maximum absolute atomic E-state index is 12.4. The minimum Gasteiger partial charge on any atom is -0.346 e. The molecule has 1 aliphatic heterocycles. The third-order valence-corrected chi connectivity index (χ3v) is 6.19. The molecule has 4 rings (SSSR count). The van der Waals surface area contributed by atoms with Gasteiger partial charge in [-0.3, -0.25) is 19.3 Å². The molecule has 0 saturated heterocycles. The molecule has 31 heavy (non-hydrogen) atoms. The summed E-state index contributed by atoms with van der Waals surface area (Å²) in [5, 5.41) is 2.82. The number of Topliss-reactive ketones (excluding diaryl/α,β-unsaturated/α-hetero) is 1. The number of carbonyl (C=O) groups is 3. The van der Waals surface area contributed by atoms with E-state index in [1.807, 2.05) is 29.8 Å². The average Bonchev–Trinajstić information content (AvgIpc) is 3.43. The molecule has 158 valence electrons. The van der Waals surface area contributed by atoms with E-state index < -0.39 is 5.91 Å².